The van der Waals surface area contributed by atoms with Crippen molar-refractivity contribution in [3.63, 3.8) is 0 Å². The second-order valence-electron chi connectivity index (χ2n) is 6.07. The lowest BCUT2D eigenvalue weighted by atomic mass is 10.2. The Balaban J connectivity index is 1.61. The highest BCUT2D eigenvalue weighted by Crippen LogP contribution is 2.24. The number of anilines is 1. The van der Waals surface area contributed by atoms with Gasteiger partial charge in [-0.1, -0.05) is 12.1 Å². The number of ether oxygens (including phenoxy) is 2. The lowest BCUT2D eigenvalue weighted by Crippen LogP contribution is -2.25. The first kappa shape index (κ1) is 20.0. The molecule has 0 aliphatic heterocycles. The van der Waals surface area contributed by atoms with E-state index in [1.165, 1.54) is 0 Å². The normalized spacial score (nSPS) is 11.3. The first-order chi connectivity index (χ1) is 14.1. The molecule has 9 heteroatoms. The Kier molecular flexibility index (Phi) is 6.51. The molecule has 1 heterocycles. The predicted octanol–water partition coefficient (Wildman–Crippen LogP) is 3.95. The van der Waals surface area contributed by atoms with Crippen LogP contribution in [0.15, 0.2) is 58.8 Å². The summed E-state index contributed by atoms with van der Waals surface area (Å²) in [5.41, 5.74) is 2.31. The van der Waals surface area contributed by atoms with Crippen LogP contribution in [-0.4, -0.2) is 36.4 Å². The topological polar surface area (TPSA) is 106 Å². The average molecular weight is 401 g/mol. The van der Waals surface area contributed by atoms with Crippen LogP contribution in [0.1, 0.15) is 5.56 Å². The van der Waals surface area contributed by atoms with Crippen molar-refractivity contribution in [2.45, 2.75) is 6.54 Å². The third kappa shape index (κ3) is 5.61. The van der Waals surface area contributed by atoms with Crippen LogP contribution < -0.4 is 20.1 Å². The van der Waals surface area contributed by atoms with Gasteiger partial charge in [0, 0.05) is 24.7 Å². The molecule has 0 atom stereocenters. The van der Waals surface area contributed by atoms with E-state index in [1.807, 2.05) is 24.3 Å². The van der Waals surface area contributed by atoms with Crippen molar-refractivity contribution in [1.29, 1.82) is 0 Å². The third-order valence-electron chi connectivity index (χ3n) is 3.98. The number of carboxylic acid groups (broad SMARTS) is 1. The van der Waals surface area contributed by atoms with Gasteiger partial charge in [0.05, 0.1) is 13.4 Å². The first-order valence-electron chi connectivity index (χ1n) is 8.72. The molecule has 0 fully saturated rings. The fraction of sp³-hybridized carbons (Fsp3) is 0.200. The average Bonchev–Trinajstić information content (AvgIpc) is 3.14. The second kappa shape index (κ2) is 9.45. The molecule has 1 amide bonds. The Hall–Kier alpha value is -3.75. The highest BCUT2D eigenvalue weighted by atomic mass is 19.1. The van der Waals surface area contributed by atoms with E-state index in [0.29, 0.717) is 35.7 Å². The van der Waals surface area contributed by atoms with Crippen LogP contribution in [0.25, 0.3) is 11.1 Å². The molecule has 152 valence electrons. The maximum absolute atomic E-state index is 12.8. The molecule has 1 aromatic heterocycles. The van der Waals surface area contributed by atoms with Crippen molar-refractivity contribution in [1.82, 2.24) is 10.3 Å². The summed E-state index contributed by atoms with van der Waals surface area (Å²) in [4.78, 5) is 14.8. The number of aromatic nitrogens is 1. The van der Waals surface area contributed by atoms with E-state index in [-0.39, 0.29) is 18.7 Å². The lowest BCUT2D eigenvalue weighted by Gasteiger charge is -2.08. The molecule has 0 radical (unpaired) electrons. The number of nitrogens with one attached hydrogen (secondary N) is 2. The number of benzene rings is 2. The number of nitrogens with zero attached hydrogens (tertiary/aromatic N) is 1. The number of methoxy groups -OCH3 is 1. The van der Waals surface area contributed by atoms with Crippen molar-refractivity contribution < 1.29 is 28.2 Å². The minimum atomic E-state index is -1.23. The standard InChI is InChI=1S/C20H20FN3O5/c1-27-15-4-2-3-13(7-15)10-22-19-24-17-6-5-16(8-18(17)29-19)28-12-14(9-21)11-23-20(25)26/h2-9,23H,10-12H2,1H3,(H,22,24)(H,25,26)/b14-9+. The van der Waals surface area contributed by atoms with Gasteiger partial charge in [-0.25, -0.2) is 9.18 Å². The monoisotopic (exact) mass is 401 g/mol. The molecule has 0 saturated carbocycles. The number of amides is 1. The molecule has 0 aliphatic carbocycles. The van der Waals surface area contributed by atoms with E-state index in [9.17, 15) is 9.18 Å². The summed E-state index contributed by atoms with van der Waals surface area (Å²) in [5.74, 6) is 1.21. The van der Waals surface area contributed by atoms with E-state index in [2.05, 4.69) is 15.6 Å². The van der Waals surface area contributed by atoms with Crippen molar-refractivity contribution >= 4 is 23.2 Å². The number of halogens is 1. The summed E-state index contributed by atoms with van der Waals surface area (Å²) in [5, 5.41) is 13.8. The van der Waals surface area contributed by atoms with Crippen LogP contribution in [0.3, 0.4) is 0 Å². The van der Waals surface area contributed by atoms with Crippen LogP contribution >= 0.6 is 0 Å². The maximum atomic E-state index is 12.8. The molecule has 3 aromatic rings. The predicted molar refractivity (Wildman–Crippen MR) is 105 cm³/mol. The summed E-state index contributed by atoms with van der Waals surface area (Å²) in [7, 11) is 1.61. The van der Waals surface area contributed by atoms with Crippen molar-refractivity contribution in [2.75, 3.05) is 25.6 Å². The highest BCUT2D eigenvalue weighted by Gasteiger charge is 2.08. The third-order valence-corrected chi connectivity index (χ3v) is 3.98. The fourth-order valence-electron chi connectivity index (χ4n) is 2.52. The van der Waals surface area contributed by atoms with Gasteiger partial charge in [-0.05, 0) is 29.8 Å². The molecule has 3 N–H and O–H groups in total. The minimum Gasteiger partial charge on any atom is -0.497 e. The summed E-state index contributed by atoms with van der Waals surface area (Å²) in [6.07, 6.45) is -0.912. The Morgan fingerprint density at radius 2 is 2.14 bits per heavy atom. The van der Waals surface area contributed by atoms with E-state index >= 15 is 0 Å². The zero-order chi connectivity index (χ0) is 20.6. The zero-order valence-electron chi connectivity index (χ0n) is 15.6. The van der Waals surface area contributed by atoms with Gasteiger partial charge in [0.1, 0.15) is 23.6 Å². The van der Waals surface area contributed by atoms with Gasteiger partial charge < -0.3 is 29.6 Å². The van der Waals surface area contributed by atoms with E-state index in [0.717, 1.165) is 11.3 Å². The van der Waals surface area contributed by atoms with Gasteiger partial charge in [-0.2, -0.15) is 4.98 Å². The largest absolute Gasteiger partial charge is 0.497 e. The minimum absolute atomic E-state index is 0.0998. The van der Waals surface area contributed by atoms with Gasteiger partial charge in [0.25, 0.3) is 6.01 Å². The number of rotatable bonds is 9. The molecule has 29 heavy (non-hydrogen) atoms. The molecule has 3 rings (SSSR count). The van der Waals surface area contributed by atoms with Crippen molar-refractivity contribution in [3.05, 3.63) is 59.9 Å². The first-order valence-corrected chi connectivity index (χ1v) is 8.72. The molecule has 0 aliphatic rings. The quantitative estimate of drug-likeness (QED) is 0.498. The van der Waals surface area contributed by atoms with E-state index in [1.54, 1.807) is 25.3 Å². The Bertz CT molecular complexity index is 1020. The number of oxazole rings is 1. The molecular formula is C20H20FN3O5. The number of hydrogen-bond acceptors (Lipinski definition) is 6. The molecule has 0 bridgehead atoms. The van der Waals surface area contributed by atoms with E-state index < -0.39 is 6.09 Å². The molecule has 2 aromatic carbocycles. The number of carbonyl (C=O) groups is 1. The zero-order valence-corrected chi connectivity index (χ0v) is 15.6. The molecule has 8 nitrogen and oxygen atoms in total. The van der Waals surface area contributed by atoms with Gasteiger partial charge in [-0.3, -0.25) is 0 Å². The van der Waals surface area contributed by atoms with Crippen LogP contribution in [0.2, 0.25) is 0 Å². The van der Waals surface area contributed by atoms with E-state index in [4.69, 9.17) is 19.0 Å². The van der Waals surface area contributed by atoms with Gasteiger partial charge in [0.2, 0.25) is 0 Å². The van der Waals surface area contributed by atoms with Gasteiger partial charge >= 0.3 is 6.09 Å². The lowest BCUT2D eigenvalue weighted by molar-refractivity contribution is 0.195. The number of fused-ring (bicyclic) bond motifs is 1. The summed E-state index contributed by atoms with van der Waals surface area (Å²) < 4.78 is 29.2. The molecular weight excluding hydrogens is 381 g/mol. The fourth-order valence-corrected chi connectivity index (χ4v) is 2.52. The summed E-state index contributed by atoms with van der Waals surface area (Å²) in [6, 6.07) is 13.0. The van der Waals surface area contributed by atoms with Crippen LogP contribution in [0.4, 0.5) is 15.2 Å². The van der Waals surface area contributed by atoms with Crippen molar-refractivity contribution in [3.8, 4) is 11.5 Å². The highest BCUT2D eigenvalue weighted by molar-refractivity contribution is 5.76. The Morgan fingerprint density at radius 1 is 1.28 bits per heavy atom. The molecule has 0 saturated heterocycles. The molecule has 0 spiro atoms. The Morgan fingerprint density at radius 3 is 2.90 bits per heavy atom. The molecule has 0 unspecified atom stereocenters. The van der Waals surface area contributed by atoms with Crippen LogP contribution in [-0.2, 0) is 6.54 Å². The maximum Gasteiger partial charge on any atom is 0.404 e. The smallest absolute Gasteiger partial charge is 0.404 e. The summed E-state index contributed by atoms with van der Waals surface area (Å²) >= 11 is 0. The Labute approximate surface area is 165 Å². The van der Waals surface area contributed by atoms with Crippen LogP contribution in [0, 0.1) is 0 Å². The van der Waals surface area contributed by atoms with Gasteiger partial charge in [-0.15, -0.1) is 0 Å². The summed E-state index contributed by atoms with van der Waals surface area (Å²) in [6.45, 7) is 0.251. The number of hydrogen-bond donors (Lipinski definition) is 3. The SMILES string of the molecule is COc1cccc(CNc2nc3ccc(OC/C(=C/F)CNC(=O)O)cc3o2)c1. The second-order valence-corrected chi connectivity index (χ2v) is 6.07. The van der Waals surface area contributed by atoms with Gasteiger partial charge in [0.15, 0.2) is 5.58 Å². The van der Waals surface area contributed by atoms with Crippen molar-refractivity contribution in [2.24, 2.45) is 0 Å². The van der Waals surface area contributed by atoms with Crippen LogP contribution in [0.5, 0.6) is 11.5 Å².